The van der Waals surface area contributed by atoms with E-state index in [1.807, 2.05) is 57.2 Å². The monoisotopic (exact) mass is 482 g/mol. The third kappa shape index (κ3) is 6.00. The van der Waals surface area contributed by atoms with Gasteiger partial charge < -0.3 is 25.2 Å². The molecule has 2 atom stereocenters. The molecule has 3 N–H and O–H groups in total. The highest BCUT2D eigenvalue weighted by molar-refractivity contribution is 5.87. The molecule has 2 aromatic rings. The van der Waals surface area contributed by atoms with Crippen molar-refractivity contribution in [2.75, 3.05) is 20.3 Å². The maximum atomic E-state index is 12.8. The van der Waals surface area contributed by atoms with E-state index in [0.717, 1.165) is 22.3 Å². The summed E-state index contributed by atoms with van der Waals surface area (Å²) in [6, 6.07) is 15.6. The zero-order valence-electron chi connectivity index (χ0n) is 20.9. The first-order valence-electron chi connectivity index (χ1n) is 11.6. The van der Waals surface area contributed by atoms with Crippen LogP contribution in [0, 0.1) is 5.41 Å². The predicted octanol–water partition coefficient (Wildman–Crippen LogP) is 3.94. The van der Waals surface area contributed by atoms with Crippen LogP contribution in [0.25, 0.3) is 11.1 Å². The summed E-state index contributed by atoms with van der Waals surface area (Å²) < 4.78 is 10.6. The molecule has 2 unspecified atom stereocenters. The Balaban J connectivity index is 1.66. The lowest BCUT2D eigenvalue weighted by Crippen LogP contribution is -2.57. The van der Waals surface area contributed by atoms with Gasteiger partial charge in [0.05, 0.1) is 6.61 Å². The minimum atomic E-state index is -1.57. The number of ether oxygens (including phenoxy) is 2. The highest BCUT2D eigenvalue weighted by Crippen LogP contribution is 2.44. The van der Waals surface area contributed by atoms with E-state index >= 15 is 0 Å². The van der Waals surface area contributed by atoms with Crippen molar-refractivity contribution in [2.45, 2.75) is 51.6 Å². The summed E-state index contributed by atoms with van der Waals surface area (Å²) in [5.74, 6) is -1.79. The van der Waals surface area contributed by atoms with Crippen molar-refractivity contribution >= 4 is 18.0 Å². The van der Waals surface area contributed by atoms with Crippen LogP contribution >= 0.6 is 0 Å². The van der Waals surface area contributed by atoms with Crippen LogP contribution in [0.1, 0.15) is 51.2 Å². The van der Waals surface area contributed by atoms with Crippen LogP contribution in [-0.4, -0.2) is 55.0 Å². The molecule has 0 heterocycles. The van der Waals surface area contributed by atoms with Gasteiger partial charge in [-0.2, -0.15) is 0 Å². The Labute approximate surface area is 206 Å². The molecule has 0 saturated carbocycles. The smallest absolute Gasteiger partial charge is 0.407 e. The van der Waals surface area contributed by atoms with E-state index in [9.17, 15) is 19.5 Å². The largest absolute Gasteiger partial charge is 0.479 e. The number of rotatable bonds is 9. The minimum Gasteiger partial charge on any atom is -0.479 e. The van der Waals surface area contributed by atoms with Gasteiger partial charge in [0.25, 0.3) is 0 Å². The van der Waals surface area contributed by atoms with Gasteiger partial charge in [0.2, 0.25) is 5.91 Å². The first-order valence-corrected chi connectivity index (χ1v) is 11.6. The Kier molecular flexibility index (Phi) is 7.85. The molecule has 1 aliphatic rings. The Bertz CT molecular complexity index is 1050. The molecule has 8 nitrogen and oxygen atoms in total. The number of carbonyl (C=O) groups excluding carboxylic acids is 2. The maximum absolute atomic E-state index is 12.8. The quantitative estimate of drug-likeness (QED) is 0.499. The molecule has 0 aromatic heterocycles. The van der Waals surface area contributed by atoms with Gasteiger partial charge in [0.1, 0.15) is 6.61 Å². The van der Waals surface area contributed by atoms with Crippen LogP contribution in [-0.2, 0) is 19.1 Å². The topological polar surface area (TPSA) is 114 Å². The average Bonchev–Trinajstić information content (AvgIpc) is 3.10. The van der Waals surface area contributed by atoms with Crippen molar-refractivity contribution in [1.29, 1.82) is 0 Å². The number of aliphatic carboxylic acids is 1. The summed E-state index contributed by atoms with van der Waals surface area (Å²) in [6.07, 6.45) is -0.738. The summed E-state index contributed by atoms with van der Waals surface area (Å²) in [6.45, 7) is 7.02. The summed E-state index contributed by atoms with van der Waals surface area (Å²) in [7, 11) is 1.37. The van der Waals surface area contributed by atoms with Crippen molar-refractivity contribution in [3.63, 3.8) is 0 Å². The predicted molar refractivity (Wildman–Crippen MR) is 132 cm³/mol. The van der Waals surface area contributed by atoms with Gasteiger partial charge in [-0.3, -0.25) is 4.79 Å². The van der Waals surface area contributed by atoms with Gasteiger partial charge in [-0.25, -0.2) is 9.59 Å². The Hall–Kier alpha value is -3.39. The number of benzene rings is 2. The van der Waals surface area contributed by atoms with Crippen molar-refractivity contribution in [1.82, 2.24) is 10.6 Å². The van der Waals surface area contributed by atoms with Crippen molar-refractivity contribution in [3.05, 3.63) is 59.7 Å². The van der Waals surface area contributed by atoms with Crippen LogP contribution in [0.15, 0.2) is 48.5 Å². The lowest BCUT2D eigenvalue weighted by molar-refractivity contribution is -0.149. The summed E-state index contributed by atoms with van der Waals surface area (Å²) in [4.78, 5) is 37.1. The Morgan fingerprint density at radius 3 is 2.00 bits per heavy atom. The molecule has 8 heteroatoms. The van der Waals surface area contributed by atoms with Crippen molar-refractivity contribution in [2.24, 2.45) is 5.41 Å². The third-order valence-corrected chi connectivity index (χ3v) is 6.39. The first kappa shape index (κ1) is 26.2. The second-order valence-electron chi connectivity index (χ2n) is 10.2. The van der Waals surface area contributed by atoms with Crippen LogP contribution < -0.4 is 10.6 Å². The average molecular weight is 483 g/mol. The van der Waals surface area contributed by atoms with Crippen molar-refractivity contribution < 1.29 is 29.0 Å². The highest BCUT2D eigenvalue weighted by Gasteiger charge is 2.37. The molecule has 2 aromatic carbocycles. The lowest BCUT2D eigenvalue weighted by atomic mass is 9.84. The molecular formula is C27H34N2O6. The molecule has 0 spiro atoms. The van der Waals surface area contributed by atoms with E-state index in [4.69, 9.17) is 9.47 Å². The number of fused-ring (bicyclic) bond motifs is 3. The van der Waals surface area contributed by atoms with E-state index in [2.05, 4.69) is 22.8 Å². The number of amides is 2. The van der Waals surface area contributed by atoms with E-state index < -0.39 is 35.0 Å². The van der Waals surface area contributed by atoms with Crippen LogP contribution in [0.5, 0.6) is 0 Å². The normalized spacial score (nSPS) is 15.3. The number of hydrogen-bond acceptors (Lipinski definition) is 5. The van der Waals surface area contributed by atoms with E-state index in [1.54, 1.807) is 0 Å². The summed E-state index contributed by atoms with van der Waals surface area (Å²) >= 11 is 0. The zero-order chi connectivity index (χ0) is 25.8. The van der Waals surface area contributed by atoms with Crippen LogP contribution in [0.2, 0.25) is 0 Å². The summed E-state index contributed by atoms with van der Waals surface area (Å²) in [5.41, 5.74) is 2.44. The fourth-order valence-corrected chi connectivity index (χ4v) is 4.34. The molecule has 0 bridgehead atoms. The fraction of sp³-hybridized carbons (Fsp3) is 0.444. The Morgan fingerprint density at radius 1 is 0.971 bits per heavy atom. The van der Waals surface area contributed by atoms with Crippen LogP contribution in [0.4, 0.5) is 4.79 Å². The third-order valence-electron chi connectivity index (χ3n) is 6.39. The number of nitrogens with one attached hydrogen (secondary N) is 2. The van der Waals surface area contributed by atoms with Crippen molar-refractivity contribution in [3.8, 4) is 11.1 Å². The number of methoxy groups -OCH3 is 1. The number of carbonyl (C=O) groups is 3. The standard InChI is InChI=1S/C27H34N2O6/c1-26(2,3)22(14-23(30)29-27(4,16-34-5)24(31)32)28-25(33)35-15-21-19-12-8-6-10-17(19)18-11-7-9-13-20(18)21/h6-13,21-22H,14-16H2,1-5H3,(H,28,33)(H,29,30)(H,31,32). The molecule has 2 amide bonds. The number of carboxylic acid groups (broad SMARTS) is 1. The van der Waals surface area contributed by atoms with Gasteiger partial charge in [-0.15, -0.1) is 0 Å². The van der Waals surface area contributed by atoms with Gasteiger partial charge in [0.15, 0.2) is 5.54 Å². The lowest BCUT2D eigenvalue weighted by Gasteiger charge is -2.32. The Morgan fingerprint density at radius 2 is 1.51 bits per heavy atom. The molecule has 0 radical (unpaired) electrons. The molecular weight excluding hydrogens is 448 g/mol. The van der Waals surface area contributed by atoms with Gasteiger partial charge in [-0.05, 0) is 34.6 Å². The van der Waals surface area contributed by atoms with Gasteiger partial charge >= 0.3 is 12.1 Å². The first-order chi connectivity index (χ1) is 16.5. The molecule has 188 valence electrons. The van der Waals surface area contributed by atoms with Gasteiger partial charge in [-0.1, -0.05) is 69.3 Å². The number of carboxylic acids is 1. The molecule has 35 heavy (non-hydrogen) atoms. The van der Waals surface area contributed by atoms with E-state index in [1.165, 1.54) is 14.0 Å². The molecule has 0 saturated heterocycles. The number of hydrogen-bond donors (Lipinski definition) is 3. The minimum absolute atomic E-state index is 0.0742. The van der Waals surface area contributed by atoms with Crippen LogP contribution in [0.3, 0.4) is 0 Å². The second-order valence-corrected chi connectivity index (χ2v) is 10.2. The second kappa shape index (κ2) is 10.5. The summed E-state index contributed by atoms with van der Waals surface area (Å²) in [5, 5.41) is 14.8. The van der Waals surface area contributed by atoms with E-state index in [0.29, 0.717) is 0 Å². The molecule has 1 aliphatic carbocycles. The fourth-order valence-electron chi connectivity index (χ4n) is 4.34. The molecule has 0 aliphatic heterocycles. The van der Waals surface area contributed by atoms with Gasteiger partial charge in [0, 0.05) is 25.5 Å². The maximum Gasteiger partial charge on any atom is 0.407 e. The highest BCUT2D eigenvalue weighted by atomic mass is 16.5. The molecule has 0 fully saturated rings. The zero-order valence-corrected chi connectivity index (χ0v) is 20.9. The molecule has 3 rings (SSSR count). The SMILES string of the molecule is COCC(C)(NC(=O)CC(NC(=O)OCC1c2ccccc2-c2ccccc21)C(C)(C)C)C(=O)O. The number of alkyl carbamates (subject to hydrolysis) is 1. The van der Waals surface area contributed by atoms with E-state index in [-0.39, 0.29) is 25.6 Å².